The van der Waals surface area contributed by atoms with Crippen molar-refractivity contribution < 1.29 is 14.3 Å². The summed E-state index contributed by atoms with van der Waals surface area (Å²) < 4.78 is 5.20. The third-order valence-electron chi connectivity index (χ3n) is 4.27. The van der Waals surface area contributed by atoms with Gasteiger partial charge in [-0.25, -0.2) is 0 Å². The van der Waals surface area contributed by atoms with E-state index < -0.39 is 5.66 Å². The molecule has 1 fully saturated rings. The molecule has 1 N–H and O–H groups in total. The summed E-state index contributed by atoms with van der Waals surface area (Å²) in [5.41, 5.74) is 0.624. The van der Waals surface area contributed by atoms with Crippen molar-refractivity contribution >= 4 is 17.5 Å². The number of hydrogen-bond donors (Lipinski definition) is 1. The molecule has 0 bridgehead atoms. The number of carbonyl (C=O) groups is 2. The van der Waals surface area contributed by atoms with Gasteiger partial charge < -0.3 is 15.0 Å². The Kier molecular flexibility index (Phi) is 3.60. The van der Waals surface area contributed by atoms with E-state index >= 15 is 0 Å². The fraction of sp³-hybridized carbons (Fsp3) is 0.438. The smallest absolute Gasteiger partial charge is 0.272 e. The van der Waals surface area contributed by atoms with E-state index in [4.69, 9.17) is 4.74 Å². The molecule has 0 saturated carbocycles. The van der Waals surface area contributed by atoms with Crippen molar-refractivity contribution in [2.24, 2.45) is 4.99 Å². The monoisotopic (exact) mass is 301 g/mol. The molecular formula is C16H19N3O3. The van der Waals surface area contributed by atoms with E-state index in [1.807, 2.05) is 24.3 Å². The summed E-state index contributed by atoms with van der Waals surface area (Å²) in [7, 11) is 1.59. The molecule has 2 aliphatic rings. The molecule has 6 heteroatoms. The number of ether oxygens (including phenoxy) is 1. The predicted molar refractivity (Wildman–Crippen MR) is 81.9 cm³/mol. The van der Waals surface area contributed by atoms with Gasteiger partial charge in [0, 0.05) is 38.4 Å². The van der Waals surface area contributed by atoms with Gasteiger partial charge in [-0.05, 0) is 12.1 Å². The Morgan fingerprint density at radius 1 is 1.36 bits per heavy atom. The molecule has 3 rings (SSSR count). The van der Waals surface area contributed by atoms with Crippen LogP contribution in [-0.2, 0) is 9.59 Å². The summed E-state index contributed by atoms with van der Waals surface area (Å²) >= 11 is 0. The molecule has 1 spiro atoms. The maximum absolute atomic E-state index is 12.3. The van der Waals surface area contributed by atoms with E-state index in [-0.39, 0.29) is 11.8 Å². The van der Waals surface area contributed by atoms with Crippen LogP contribution in [0.1, 0.15) is 25.3 Å². The molecule has 1 aromatic carbocycles. The van der Waals surface area contributed by atoms with Crippen LogP contribution in [0.2, 0.25) is 0 Å². The lowest BCUT2D eigenvalue weighted by molar-refractivity contribution is -0.130. The van der Waals surface area contributed by atoms with E-state index in [1.54, 1.807) is 18.9 Å². The number of nitrogens with one attached hydrogen (secondary N) is 1. The highest BCUT2D eigenvalue weighted by Gasteiger charge is 2.42. The molecule has 2 aliphatic heterocycles. The van der Waals surface area contributed by atoms with Gasteiger partial charge in [-0.3, -0.25) is 14.6 Å². The summed E-state index contributed by atoms with van der Waals surface area (Å²) in [6.07, 6.45) is 1.29. The summed E-state index contributed by atoms with van der Waals surface area (Å²) in [6, 6.07) is 7.33. The van der Waals surface area contributed by atoms with Crippen LogP contribution in [0.3, 0.4) is 0 Å². The Labute approximate surface area is 129 Å². The second-order valence-corrected chi connectivity index (χ2v) is 5.68. The number of carbonyl (C=O) groups excluding carboxylic acids is 2. The first-order chi connectivity index (χ1) is 10.5. The van der Waals surface area contributed by atoms with Crippen molar-refractivity contribution in [1.29, 1.82) is 0 Å². The van der Waals surface area contributed by atoms with Gasteiger partial charge >= 0.3 is 0 Å². The number of benzene rings is 1. The first-order valence-electron chi connectivity index (χ1n) is 7.35. The quantitative estimate of drug-likeness (QED) is 0.884. The van der Waals surface area contributed by atoms with Crippen molar-refractivity contribution in [3.63, 3.8) is 0 Å². The van der Waals surface area contributed by atoms with Gasteiger partial charge in [0.2, 0.25) is 5.91 Å². The average Bonchev–Trinajstić information content (AvgIpc) is 2.84. The minimum Gasteiger partial charge on any atom is -0.497 e. The topological polar surface area (TPSA) is 71.0 Å². The molecule has 22 heavy (non-hydrogen) atoms. The Morgan fingerprint density at radius 3 is 2.73 bits per heavy atom. The molecule has 2 amide bonds. The van der Waals surface area contributed by atoms with Crippen LogP contribution >= 0.6 is 0 Å². The lowest BCUT2D eigenvalue weighted by atomic mass is 9.98. The van der Waals surface area contributed by atoms with Crippen LogP contribution in [0.25, 0.3) is 0 Å². The minimum absolute atomic E-state index is 0.0659. The maximum Gasteiger partial charge on any atom is 0.272 e. The molecule has 1 saturated heterocycles. The Balaban J connectivity index is 1.84. The maximum atomic E-state index is 12.3. The standard InChI is InChI=1S/C16H19N3O3/c1-11(20)19-8-6-16(7-9-19)17-14(15(21)18-16)12-4-3-5-13(10-12)22-2/h3-5,10H,6-9H2,1-2H3,(H,18,21). The molecule has 6 nitrogen and oxygen atoms in total. The molecular weight excluding hydrogens is 282 g/mol. The van der Waals surface area contributed by atoms with Crippen molar-refractivity contribution in [2.75, 3.05) is 20.2 Å². The highest BCUT2D eigenvalue weighted by Crippen LogP contribution is 2.29. The van der Waals surface area contributed by atoms with Crippen molar-refractivity contribution in [1.82, 2.24) is 10.2 Å². The fourth-order valence-corrected chi connectivity index (χ4v) is 2.96. The molecule has 0 atom stereocenters. The predicted octanol–water partition coefficient (Wildman–Crippen LogP) is 0.953. The Bertz CT molecular complexity index is 646. The van der Waals surface area contributed by atoms with E-state index in [9.17, 15) is 9.59 Å². The van der Waals surface area contributed by atoms with Crippen molar-refractivity contribution in [2.45, 2.75) is 25.4 Å². The Hall–Kier alpha value is -2.37. The normalized spacial score (nSPS) is 19.8. The lowest BCUT2D eigenvalue weighted by Gasteiger charge is -2.36. The molecule has 2 heterocycles. The number of methoxy groups -OCH3 is 1. The summed E-state index contributed by atoms with van der Waals surface area (Å²) in [6.45, 7) is 2.80. The average molecular weight is 301 g/mol. The zero-order chi connectivity index (χ0) is 15.7. The molecule has 116 valence electrons. The SMILES string of the molecule is COc1cccc(C2=NC3(CCN(C(C)=O)CC3)NC2=O)c1. The first kappa shape index (κ1) is 14.6. The fourth-order valence-electron chi connectivity index (χ4n) is 2.96. The van der Waals surface area contributed by atoms with Gasteiger partial charge in [0.15, 0.2) is 0 Å². The molecule has 1 aromatic rings. The zero-order valence-electron chi connectivity index (χ0n) is 12.8. The van der Waals surface area contributed by atoms with Crippen LogP contribution in [-0.4, -0.2) is 48.3 Å². The van der Waals surface area contributed by atoms with Crippen molar-refractivity contribution in [3.8, 4) is 5.75 Å². The second-order valence-electron chi connectivity index (χ2n) is 5.68. The molecule has 0 unspecified atom stereocenters. The number of piperidine rings is 1. The Morgan fingerprint density at radius 2 is 2.09 bits per heavy atom. The highest BCUT2D eigenvalue weighted by molar-refractivity contribution is 6.46. The zero-order valence-corrected chi connectivity index (χ0v) is 12.8. The van der Waals surface area contributed by atoms with Gasteiger partial charge in [-0.2, -0.15) is 0 Å². The van der Waals surface area contributed by atoms with Gasteiger partial charge in [0.1, 0.15) is 17.1 Å². The third kappa shape index (κ3) is 2.56. The van der Waals surface area contributed by atoms with Crippen LogP contribution in [0.4, 0.5) is 0 Å². The summed E-state index contributed by atoms with van der Waals surface area (Å²) in [5.74, 6) is 0.598. The van der Waals surface area contributed by atoms with Crippen LogP contribution in [0, 0.1) is 0 Å². The van der Waals surface area contributed by atoms with Crippen LogP contribution in [0.15, 0.2) is 29.3 Å². The third-order valence-corrected chi connectivity index (χ3v) is 4.27. The number of hydrogen-bond acceptors (Lipinski definition) is 4. The van der Waals surface area contributed by atoms with Crippen LogP contribution in [0.5, 0.6) is 5.75 Å². The first-order valence-corrected chi connectivity index (χ1v) is 7.35. The van der Waals surface area contributed by atoms with Gasteiger partial charge in [0.25, 0.3) is 5.91 Å². The van der Waals surface area contributed by atoms with Crippen molar-refractivity contribution in [3.05, 3.63) is 29.8 Å². The largest absolute Gasteiger partial charge is 0.497 e. The molecule has 0 aromatic heterocycles. The number of amides is 2. The van der Waals surface area contributed by atoms with E-state index in [0.29, 0.717) is 37.4 Å². The van der Waals surface area contributed by atoms with E-state index in [1.165, 1.54) is 0 Å². The number of aliphatic imine (C=N–C) groups is 1. The van der Waals surface area contributed by atoms with Gasteiger partial charge in [-0.15, -0.1) is 0 Å². The minimum atomic E-state index is -0.568. The van der Waals surface area contributed by atoms with E-state index in [2.05, 4.69) is 10.3 Å². The lowest BCUT2D eigenvalue weighted by Crippen LogP contribution is -2.52. The highest BCUT2D eigenvalue weighted by atomic mass is 16.5. The van der Waals surface area contributed by atoms with Crippen LogP contribution < -0.4 is 10.1 Å². The molecule has 0 aliphatic carbocycles. The van der Waals surface area contributed by atoms with E-state index in [0.717, 1.165) is 5.56 Å². The summed E-state index contributed by atoms with van der Waals surface area (Å²) in [4.78, 5) is 30.2. The number of likely N-dealkylation sites (tertiary alicyclic amines) is 1. The number of rotatable bonds is 2. The second kappa shape index (κ2) is 5.44. The molecule has 0 radical (unpaired) electrons. The summed E-state index contributed by atoms with van der Waals surface area (Å²) in [5, 5.41) is 2.99. The van der Waals surface area contributed by atoms with Gasteiger partial charge in [0.05, 0.1) is 7.11 Å². The van der Waals surface area contributed by atoms with Gasteiger partial charge in [-0.1, -0.05) is 12.1 Å². The number of nitrogens with zero attached hydrogens (tertiary/aromatic N) is 2.